The Kier molecular flexibility index (Phi) is 5.27. The van der Waals surface area contributed by atoms with E-state index in [0.717, 1.165) is 15.6 Å². The highest BCUT2D eigenvalue weighted by Gasteiger charge is 2.24. The second-order valence-electron chi connectivity index (χ2n) is 2.84. The van der Waals surface area contributed by atoms with Gasteiger partial charge in [-0.1, -0.05) is 13.8 Å². The summed E-state index contributed by atoms with van der Waals surface area (Å²) in [6.07, 6.45) is 0. The molecule has 1 aromatic rings. The lowest BCUT2D eigenvalue weighted by atomic mass is 10.4. The Morgan fingerprint density at radius 1 is 1.33 bits per heavy atom. The first-order valence-corrected chi connectivity index (χ1v) is 6.89. The zero-order valence-corrected chi connectivity index (χ0v) is 11.2. The van der Waals surface area contributed by atoms with Gasteiger partial charge in [0.1, 0.15) is 5.75 Å². The number of sulfonamides is 1. The van der Waals surface area contributed by atoms with Crippen molar-refractivity contribution in [2.75, 3.05) is 14.1 Å². The Morgan fingerprint density at radius 3 is 2.07 bits per heavy atom. The Morgan fingerprint density at radius 2 is 1.80 bits per heavy atom. The molecule has 0 amide bonds. The standard InChI is InChI=1S/C7H11NO3S2.C2H6/c1-5-4-12-7(6(5)9)13(10,11)8(2)3;1-2/h4,9H,1-3H3;1-2H3. The van der Waals surface area contributed by atoms with Crippen molar-refractivity contribution >= 4 is 21.4 Å². The predicted octanol–water partition coefficient (Wildman–Crippen LogP) is 2.04. The van der Waals surface area contributed by atoms with Crippen molar-refractivity contribution in [3.05, 3.63) is 10.9 Å². The lowest BCUT2D eigenvalue weighted by molar-refractivity contribution is 0.454. The van der Waals surface area contributed by atoms with E-state index < -0.39 is 10.0 Å². The van der Waals surface area contributed by atoms with Crippen LogP contribution in [0.4, 0.5) is 0 Å². The van der Waals surface area contributed by atoms with E-state index >= 15 is 0 Å². The molecule has 6 heteroatoms. The van der Waals surface area contributed by atoms with Gasteiger partial charge in [-0.15, -0.1) is 11.3 Å². The smallest absolute Gasteiger partial charge is 0.255 e. The maximum atomic E-state index is 11.5. The molecule has 1 aromatic heterocycles. The highest BCUT2D eigenvalue weighted by molar-refractivity contribution is 7.91. The fraction of sp³-hybridized carbons (Fsp3) is 0.556. The molecule has 0 aromatic carbocycles. The molecule has 88 valence electrons. The Labute approximate surface area is 95.2 Å². The van der Waals surface area contributed by atoms with Crippen LogP contribution in [0.3, 0.4) is 0 Å². The number of aromatic hydroxyl groups is 1. The summed E-state index contributed by atoms with van der Waals surface area (Å²) in [7, 11) is -0.616. The van der Waals surface area contributed by atoms with Gasteiger partial charge in [0, 0.05) is 19.7 Å². The molecule has 0 unspecified atom stereocenters. The number of thiophene rings is 1. The molecule has 1 heterocycles. The molecule has 0 spiro atoms. The van der Waals surface area contributed by atoms with Crippen LogP contribution < -0.4 is 0 Å². The van der Waals surface area contributed by atoms with Crippen molar-refractivity contribution in [1.29, 1.82) is 0 Å². The van der Waals surface area contributed by atoms with E-state index in [1.807, 2.05) is 13.8 Å². The maximum Gasteiger partial charge on any atom is 0.255 e. The predicted molar refractivity (Wildman–Crippen MR) is 62.9 cm³/mol. The van der Waals surface area contributed by atoms with Gasteiger partial charge in [0.05, 0.1) is 0 Å². The molecule has 0 fully saturated rings. The van der Waals surface area contributed by atoms with Crippen LogP contribution in [-0.2, 0) is 10.0 Å². The summed E-state index contributed by atoms with van der Waals surface area (Å²) in [6.45, 7) is 5.67. The largest absolute Gasteiger partial charge is 0.505 e. The third-order valence-electron chi connectivity index (χ3n) is 1.62. The topological polar surface area (TPSA) is 57.6 Å². The summed E-state index contributed by atoms with van der Waals surface area (Å²) >= 11 is 1.03. The van der Waals surface area contributed by atoms with E-state index in [0.29, 0.717) is 5.56 Å². The van der Waals surface area contributed by atoms with Crippen LogP contribution in [0.2, 0.25) is 0 Å². The van der Waals surface area contributed by atoms with Crippen LogP contribution in [0.1, 0.15) is 19.4 Å². The van der Waals surface area contributed by atoms with Crippen molar-refractivity contribution in [3.63, 3.8) is 0 Å². The van der Waals surface area contributed by atoms with E-state index in [1.165, 1.54) is 14.1 Å². The van der Waals surface area contributed by atoms with Crippen LogP contribution >= 0.6 is 11.3 Å². The Bertz CT molecular complexity index is 407. The molecule has 4 nitrogen and oxygen atoms in total. The maximum absolute atomic E-state index is 11.5. The minimum Gasteiger partial charge on any atom is -0.505 e. The average Bonchev–Trinajstić information content (AvgIpc) is 2.51. The minimum absolute atomic E-state index is 0.00926. The SMILES string of the molecule is CC.Cc1csc(S(=O)(=O)N(C)C)c1O. The molecule has 0 aliphatic rings. The summed E-state index contributed by atoms with van der Waals surface area (Å²) in [5.41, 5.74) is 0.588. The monoisotopic (exact) mass is 251 g/mol. The zero-order valence-electron chi connectivity index (χ0n) is 9.60. The van der Waals surface area contributed by atoms with Crippen LogP contribution in [0.15, 0.2) is 9.59 Å². The van der Waals surface area contributed by atoms with Crippen molar-refractivity contribution in [2.24, 2.45) is 0 Å². The molecule has 0 atom stereocenters. The lowest BCUT2D eigenvalue weighted by Crippen LogP contribution is -2.21. The normalized spacial score (nSPS) is 11.1. The number of hydrogen-bond acceptors (Lipinski definition) is 4. The molecule has 1 N–H and O–H groups in total. The molecule has 0 aliphatic heterocycles. The highest BCUT2D eigenvalue weighted by Crippen LogP contribution is 2.33. The second kappa shape index (κ2) is 5.48. The number of hydrogen-bond donors (Lipinski definition) is 1. The van der Waals surface area contributed by atoms with Gasteiger partial charge in [-0.05, 0) is 12.3 Å². The summed E-state index contributed by atoms with van der Waals surface area (Å²) in [5, 5.41) is 11.0. The van der Waals surface area contributed by atoms with Crippen molar-refractivity contribution in [3.8, 4) is 5.75 Å². The first-order chi connectivity index (χ1) is 6.87. The van der Waals surface area contributed by atoms with Gasteiger partial charge >= 0.3 is 0 Å². The van der Waals surface area contributed by atoms with E-state index in [9.17, 15) is 13.5 Å². The summed E-state index contributed by atoms with van der Waals surface area (Å²) in [5.74, 6) is -0.140. The number of nitrogens with zero attached hydrogens (tertiary/aromatic N) is 1. The van der Waals surface area contributed by atoms with E-state index in [2.05, 4.69) is 0 Å². The van der Waals surface area contributed by atoms with E-state index in [1.54, 1.807) is 12.3 Å². The summed E-state index contributed by atoms with van der Waals surface area (Å²) < 4.78 is 24.2. The molecule has 15 heavy (non-hydrogen) atoms. The van der Waals surface area contributed by atoms with E-state index in [4.69, 9.17) is 0 Å². The zero-order chi connectivity index (χ0) is 12.2. The molecule has 0 saturated heterocycles. The molecule has 0 bridgehead atoms. The van der Waals surface area contributed by atoms with Crippen molar-refractivity contribution in [1.82, 2.24) is 4.31 Å². The van der Waals surface area contributed by atoms with Gasteiger partial charge in [0.2, 0.25) is 0 Å². The Hall–Kier alpha value is -0.590. The van der Waals surface area contributed by atoms with Crippen molar-refractivity contribution in [2.45, 2.75) is 25.0 Å². The van der Waals surface area contributed by atoms with E-state index in [-0.39, 0.29) is 9.96 Å². The molecule has 0 saturated carbocycles. The van der Waals surface area contributed by atoms with Crippen LogP contribution in [-0.4, -0.2) is 31.9 Å². The first-order valence-electron chi connectivity index (χ1n) is 4.57. The first kappa shape index (κ1) is 14.4. The molecular formula is C9H17NO3S2. The van der Waals surface area contributed by atoms with Gasteiger partial charge in [-0.3, -0.25) is 0 Å². The second-order valence-corrected chi connectivity index (χ2v) is 6.07. The number of rotatable bonds is 2. The van der Waals surface area contributed by atoms with Gasteiger partial charge in [-0.2, -0.15) is 0 Å². The molecule has 1 rings (SSSR count). The van der Waals surface area contributed by atoms with Gasteiger partial charge < -0.3 is 5.11 Å². The summed E-state index contributed by atoms with van der Waals surface area (Å²) in [6, 6.07) is 0. The Balaban J connectivity index is 0.000000921. The quantitative estimate of drug-likeness (QED) is 0.875. The van der Waals surface area contributed by atoms with Gasteiger partial charge in [-0.25, -0.2) is 12.7 Å². The molecule has 0 radical (unpaired) electrons. The molecule has 0 aliphatic carbocycles. The summed E-state index contributed by atoms with van der Waals surface area (Å²) in [4.78, 5) is 0. The lowest BCUT2D eigenvalue weighted by Gasteiger charge is -2.09. The molecular weight excluding hydrogens is 234 g/mol. The van der Waals surface area contributed by atoms with Crippen molar-refractivity contribution < 1.29 is 13.5 Å². The minimum atomic E-state index is -3.48. The van der Waals surface area contributed by atoms with Gasteiger partial charge in [0.25, 0.3) is 10.0 Å². The third kappa shape index (κ3) is 2.93. The average molecular weight is 251 g/mol. The number of aryl methyl sites for hydroxylation is 1. The fourth-order valence-corrected chi connectivity index (χ4v) is 3.25. The van der Waals surface area contributed by atoms with Crippen LogP contribution in [0, 0.1) is 6.92 Å². The van der Waals surface area contributed by atoms with Gasteiger partial charge in [0.15, 0.2) is 4.21 Å². The third-order valence-corrected chi connectivity index (χ3v) is 5.05. The van der Waals surface area contributed by atoms with Crippen LogP contribution in [0.25, 0.3) is 0 Å². The highest BCUT2D eigenvalue weighted by atomic mass is 32.2. The van der Waals surface area contributed by atoms with Crippen LogP contribution in [0.5, 0.6) is 5.75 Å². The fourth-order valence-electron chi connectivity index (χ4n) is 0.763.